The molecule has 1 amide bonds. The second kappa shape index (κ2) is 39.7. The van der Waals surface area contributed by atoms with Crippen molar-refractivity contribution in [2.45, 2.75) is 306 Å². The Balaban J connectivity index is 1.76. The number of nitrogens with one attached hydrogen (secondary N) is 1. The third-order valence-corrected chi connectivity index (χ3v) is 13.8. The van der Waals surface area contributed by atoms with Crippen LogP contribution < -0.4 is 5.32 Å². The average Bonchev–Trinajstić information content (AvgIpc) is 3.31. The molecule has 0 radical (unpaired) electrons. The van der Waals surface area contributed by atoms with E-state index in [-0.39, 0.29) is 12.5 Å². The van der Waals surface area contributed by atoms with E-state index >= 15 is 0 Å². The molecule has 12 unspecified atom stereocenters. The molecule has 0 spiro atoms. The Bertz CT molecular complexity index is 1120. The van der Waals surface area contributed by atoms with Crippen molar-refractivity contribution in [3.05, 3.63) is 0 Å². The molecule has 0 aromatic rings. The average molecular weight is 948 g/mol. The van der Waals surface area contributed by atoms with Crippen molar-refractivity contribution < 1.29 is 64.6 Å². The zero-order valence-electron chi connectivity index (χ0n) is 41.7. The highest BCUT2D eigenvalue weighted by atomic mass is 16.7. The minimum atomic E-state index is -1.78. The van der Waals surface area contributed by atoms with E-state index in [9.17, 15) is 45.6 Å². The van der Waals surface area contributed by atoms with Crippen molar-refractivity contribution in [1.29, 1.82) is 0 Å². The van der Waals surface area contributed by atoms with Crippen LogP contribution in [0.3, 0.4) is 0 Å². The zero-order chi connectivity index (χ0) is 48.2. The van der Waals surface area contributed by atoms with Gasteiger partial charge in [0.05, 0.1) is 32.0 Å². The first-order chi connectivity index (χ1) is 32.1. The molecule has 2 fully saturated rings. The lowest BCUT2D eigenvalue weighted by Crippen LogP contribution is -2.65. The molecule has 2 saturated heterocycles. The van der Waals surface area contributed by atoms with Gasteiger partial charge < -0.3 is 65.1 Å². The Hall–Kier alpha value is -1.01. The molecule has 0 aliphatic carbocycles. The molecular formula is C52H101NO13. The summed E-state index contributed by atoms with van der Waals surface area (Å²) in [5.74, 6) is -0.205. The molecule has 0 aromatic carbocycles. The summed E-state index contributed by atoms with van der Waals surface area (Å²) in [5.41, 5.74) is 0. The van der Waals surface area contributed by atoms with E-state index in [1.807, 2.05) is 0 Å². The maximum atomic E-state index is 13.2. The molecule has 2 aliphatic rings. The lowest BCUT2D eigenvalue weighted by atomic mass is 9.97. The summed E-state index contributed by atoms with van der Waals surface area (Å²) in [7, 11) is 0. The summed E-state index contributed by atoms with van der Waals surface area (Å²) >= 11 is 0. The zero-order valence-corrected chi connectivity index (χ0v) is 41.7. The third kappa shape index (κ3) is 26.3. The van der Waals surface area contributed by atoms with Gasteiger partial charge >= 0.3 is 0 Å². The summed E-state index contributed by atoms with van der Waals surface area (Å²) in [4.78, 5) is 13.2. The lowest BCUT2D eigenvalue weighted by molar-refractivity contribution is -0.359. The third-order valence-electron chi connectivity index (χ3n) is 13.8. The van der Waals surface area contributed by atoms with Crippen LogP contribution in [0.25, 0.3) is 0 Å². The number of unbranched alkanes of at least 4 members (excludes halogenated alkanes) is 30. The molecule has 14 heteroatoms. The van der Waals surface area contributed by atoms with E-state index in [4.69, 9.17) is 18.9 Å². The van der Waals surface area contributed by atoms with Gasteiger partial charge in [-0.3, -0.25) is 4.79 Å². The minimum absolute atomic E-state index is 0.205. The fourth-order valence-corrected chi connectivity index (χ4v) is 9.36. The van der Waals surface area contributed by atoms with Crippen molar-refractivity contribution in [3.63, 3.8) is 0 Å². The molecule has 0 saturated carbocycles. The minimum Gasteiger partial charge on any atom is -0.394 e. The molecule has 2 aliphatic heterocycles. The molecule has 2 rings (SSSR count). The molecule has 9 N–H and O–H groups in total. The van der Waals surface area contributed by atoms with Crippen LogP contribution in [0.2, 0.25) is 0 Å². The van der Waals surface area contributed by atoms with Crippen LogP contribution in [0.15, 0.2) is 0 Å². The first kappa shape index (κ1) is 61.1. The van der Waals surface area contributed by atoms with E-state index in [1.54, 1.807) is 0 Å². The number of carbonyl (C=O) groups is 1. The first-order valence-electron chi connectivity index (χ1n) is 27.3. The van der Waals surface area contributed by atoms with Gasteiger partial charge in [0, 0.05) is 6.42 Å². The molecule has 66 heavy (non-hydrogen) atoms. The van der Waals surface area contributed by atoms with Crippen molar-refractivity contribution in [2.75, 3.05) is 19.8 Å². The monoisotopic (exact) mass is 948 g/mol. The Morgan fingerprint density at radius 2 is 0.864 bits per heavy atom. The second-order valence-corrected chi connectivity index (χ2v) is 19.7. The van der Waals surface area contributed by atoms with E-state index in [0.717, 1.165) is 51.4 Å². The predicted octanol–water partition coefficient (Wildman–Crippen LogP) is 7.78. The molecule has 14 nitrogen and oxygen atoms in total. The second-order valence-electron chi connectivity index (χ2n) is 19.7. The van der Waals surface area contributed by atoms with Gasteiger partial charge in [0.1, 0.15) is 48.8 Å². The normalized spacial score (nSPS) is 26.7. The summed E-state index contributed by atoms with van der Waals surface area (Å²) in [6, 6.07) is -0.820. The Labute approximate surface area is 400 Å². The fraction of sp³-hybridized carbons (Fsp3) is 0.981. The number of carbonyl (C=O) groups excluding carboxylic acids is 1. The van der Waals surface area contributed by atoms with Gasteiger partial charge in [-0.15, -0.1) is 0 Å². The highest BCUT2D eigenvalue weighted by molar-refractivity contribution is 5.76. The smallest absolute Gasteiger partial charge is 0.220 e. The van der Waals surface area contributed by atoms with Gasteiger partial charge in [-0.2, -0.15) is 0 Å². The number of rotatable bonds is 43. The Morgan fingerprint density at radius 3 is 1.29 bits per heavy atom. The lowest BCUT2D eigenvalue weighted by Gasteiger charge is -2.46. The quantitative estimate of drug-likeness (QED) is 0.0267. The maximum absolute atomic E-state index is 13.2. The van der Waals surface area contributed by atoms with Crippen LogP contribution in [0, 0.1) is 0 Å². The predicted molar refractivity (Wildman–Crippen MR) is 259 cm³/mol. The van der Waals surface area contributed by atoms with Gasteiger partial charge in [-0.05, 0) is 12.8 Å². The van der Waals surface area contributed by atoms with Crippen molar-refractivity contribution >= 4 is 5.91 Å². The number of aliphatic hydroxyl groups is 8. The topological polar surface area (TPSA) is 228 Å². The van der Waals surface area contributed by atoms with Crippen LogP contribution in [-0.4, -0.2) is 140 Å². The number of hydrogen-bond donors (Lipinski definition) is 9. The number of amides is 1. The van der Waals surface area contributed by atoms with Gasteiger partial charge in [0.15, 0.2) is 12.6 Å². The molecule has 0 aromatic heterocycles. The first-order valence-corrected chi connectivity index (χ1v) is 27.3. The molecular weight excluding hydrogens is 847 g/mol. The van der Waals surface area contributed by atoms with Gasteiger partial charge in [0.2, 0.25) is 5.91 Å². The van der Waals surface area contributed by atoms with E-state index in [0.29, 0.717) is 12.8 Å². The van der Waals surface area contributed by atoms with Crippen LogP contribution in [0.5, 0.6) is 0 Å². The fourth-order valence-electron chi connectivity index (χ4n) is 9.36. The van der Waals surface area contributed by atoms with Gasteiger partial charge in [-0.1, -0.05) is 213 Å². The van der Waals surface area contributed by atoms with Gasteiger partial charge in [-0.25, -0.2) is 0 Å². The number of hydrogen-bond acceptors (Lipinski definition) is 13. The van der Waals surface area contributed by atoms with Gasteiger partial charge in [0.25, 0.3) is 0 Å². The highest BCUT2D eigenvalue weighted by Crippen LogP contribution is 2.30. The largest absolute Gasteiger partial charge is 0.394 e. The summed E-state index contributed by atoms with van der Waals surface area (Å²) in [5, 5.41) is 87.0. The maximum Gasteiger partial charge on any atom is 0.220 e. The van der Waals surface area contributed by atoms with E-state index < -0.39 is 86.8 Å². The SMILES string of the molecule is CCCCCCCCCCCCCCCCCCCCCCCC(O)C(COC1OC(CO)C(OC2OC(CO)C(O)C(O)C2O)C(O)C1O)NC(=O)CCCCCCCCCCCCC. The highest BCUT2D eigenvalue weighted by Gasteiger charge is 2.51. The molecule has 392 valence electrons. The van der Waals surface area contributed by atoms with E-state index in [1.165, 1.54) is 154 Å². The Kier molecular flexibility index (Phi) is 36.7. The van der Waals surface area contributed by atoms with Crippen molar-refractivity contribution in [1.82, 2.24) is 5.32 Å². The van der Waals surface area contributed by atoms with Crippen molar-refractivity contribution in [3.8, 4) is 0 Å². The number of ether oxygens (including phenoxy) is 4. The van der Waals surface area contributed by atoms with Crippen LogP contribution >= 0.6 is 0 Å². The van der Waals surface area contributed by atoms with Crippen LogP contribution in [0.4, 0.5) is 0 Å². The van der Waals surface area contributed by atoms with E-state index in [2.05, 4.69) is 19.2 Å². The summed E-state index contributed by atoms with van der Waals surface area (Å²) in [6.07, 6.45) is 23.9. The van der Waals surface area contributed by atoms with Crippen molar-refractivity contribution in [2.24, 2.45) is 0 Å². The number of aliphatic hydroxyl groups excluding tert-OH is 8. The molecule has 12 atom stereocenters. The molecule has 2 heterocycles. The summed E-state index contributed by atoms with van der Waals surface area (Å²) < 4.78 is 22.8. The van der Waals surface area contributed by atoms with Crippen LogP contribution in [-0.2, 0) is 23.7 Å². The Morgan fingerprint density at radius 1 is 0.485 bits per heavy atom. The van der Waals surface area contributed by atoms with Crippen LogP contribution in [0.1, 0.15) is 232 Å². The standard InChI is InChI=1S/C52H101NO13/c1-3-5-7-9-11-13-15-16-17-18-19-20-21-22-23-24-26-27-29-31-33-35-41(56)40(53-44(57)36-34-32-30-28-25-14-12-10-8-6-4-2)39-63-51-49(62)47(60)50(43(38-55)65-51)66-52-48(61)46(59)45(58)42(37-54)64-52/h40-43,45-52,54-56,58-62H,3-39H2,1-2H3,(H,53,57). The summed E-state index contributed by atoms with van der Waals surface area (Å²) in [6.45, 7) is 2.86. The molecule has 0 bridgehead atoms.